The maximum atomic E-state index is 12.6. The number of rotatable bonds is 1. The minimum Gasteiger partial charge on any atom is -0.205 e. The van der Waals surface area contributed by atoms with Crippen molar-refractivity contribution in [2.24, 2.45) is 0 Å². The van der Waals surface area contributed by atoms with Crippen molar-refractivity contribution in [3.63, 3.8) is 0 Å². The Kier molecular flexibility index (Phi) is 2.74. The van der Waals surface area contributed by atoms with Gasteiger partial charge in [-0.15, -0.1) is 11.3 Å². The second-order valence-corrected chi connectivity index (χ2v) is 5.04. The van der Waals surface area contributed by atoms with Crippen molar-refractivity contribution in [2.75, 3.05) is 0 Å². The minimum absolute atomic E-state index is 0.153. The molecule has 0 bridgehead atoms. The van der Waals surface area contributed by atoms with E-state index in [-0.39, 0.29) is 5.56 Å². The van der Waals surface area contributed by atoms with Crippen LogP contribution in [-0.4, -0.2) is 0 Å². The lowest BCUT2D eigenvalue weighted by atomic mass is 10.1. The smallest absolute Gasteiger partial charge is 0.205 e. The van der Waals surface area contributed by atoms with Gasteiger partial charge in [-0.05, 0) is 58.0 Å². The van der Waals surface area contributed by atoms with Gasteiger partial charge in [0.15, 0.2) is 0 Å². The summed E-state index contributed by atoms with van der Waals surface area (Å²) >= 11 is 3.73. The molecule has 0 nitrogen and oxygen atoms in total. The molecule has 0 saturated heterocycles. The van der Waals surface area contributed by atoms with Crippen molar-refractivity contribution >= 4 is 44.0 Å². The van der Waals surface area contributed by atoms with Gasteiger partial charge in [0.05, 0.1) is 0 Å². The van der Waals surface area contributed by atoms with Gasteiger partial charge in [-0.1, -0.05) is 0 Å². The lowest BCUT2D eigenvalue weighted by Crippen LogP contribution is -1.92. The number of halogens is 3. The Morgan fingerprint density at radius 2 is 2.14 bits per heavy atom. The van der Waals surface area contributed by atoms with Crippen LogP contribution in [0, 0.1) is 10.5 Å². The molecule has 0 radical (unpaired) electrons. The summed E-state index contributed by atoms with van der Waals surface area (Å²) in [6.07, 6.45) is -2.38. The van der Waals surface area contributed by atoms with E-state index in [1.54, 1.807) is 24.3 Å². The van der Waals surface area contributed by atoms with Gasteiger partial charge in [0.1, 0.15) is 0 Å². The Hall–Kier alpha value is -0.230. The SMILES string of the molecule is Cc1c(C(F)F)cc2ccsc2c1I. The van der Waals surface area contributed by atoms with Gasteiger partial charge < -0.3 is 0 Å². The van der Waals surface area contributed by atoms with Gasteiger partial charge in [0.25, 0.3) is 6.43 Å². The molecule has 0 aliphatic heterocycles. The Morgan fingerprint density at radius 1 is 1.43 bits per heavy atom. The molecule has 74 valence electrons. The molecule has 0 N–H and O–H groups in total. The third-order valence-corrected chi connectivity index (χ3v) is 4.87. The van der Waals surface area contributed by atoms with Crippen LogP contribution in [0.3, 0.4) is 0 Å². The molecule has 0 amide bonds. The first-order chi connectivity index (χ1) is 6.61. The highest BCUT2D eigenvalue weighted by Crippen LogP contribution is 2.34. The second-order valence-electron chi connectivity index (χ2n) is 3.04. The number of hydrogen-bond donors (Lipinski definition) is 0. The Morgan fingerprint density at radius 3 is 2.79 bits per heavy atom. The molecule has 1 heterocycles. The summed E-state index contributed by atoms with van der Waals surface area (Å²) < 4.78 is 27.3. The maximum Gasteiger partial charge on any atom is 0.264 e. The summed E-state index contributed by atoms with van der Waals surface area (Å²) in [6, 6.07) is 3.47. The molecule has 0 atom stereocenters. The van der Waals surface area contributed by atoms with E-state index in [0.29, 0.717) is 5.56 Å². The van der Waals surface area contributed by atoms with Crippen LogP contribution >= 0.6 is 33.9 Å². The molecule has 0 aliphatic rings. The van der Waals surface area contributed by atoms with Crippen LogP contribution in [0.5, 0.6) is 0 Å². The molecule has 2 rings (SSSR count). The highest BCUT2D eigenvalue weighted by atomic mass is 127. The number of benzene rings is 1. The van der Waals surface area contributed by atoms with Crippen molar-refractivity contribution in [3.05, 3.63) is 32.2 Å². The quantitative estimate of drug-likeness (QED) is 0.664. The molecule has 0 fully saturated rings. The predicted octanol–water partition coefficient (Wildman–Crippen LogP) is 4.75. The van der Waals surface area contributed by atoms with Crippen LogP contribution in [0.25, 0.3) is 10.1 Å². The van der Waals surface area contributed by atoms with E-state index in [0.717, 1.165) is 13.7 Å². The van der Waals surface area contributed by atoms with Gasteiger partial charge in [-0.25, -0.2) is 8.78 Å². The van der Waals surface area contributed by atoms with Crippen LogP contribution < -0.4 is 0 Å². The van der Waals surface area contributed by atoms with E-state index in [2.05, 4.69) is 22.6 Å². The van der Waals surface area contributed by atoms with E-state index in [9.17, 15) is 8.78 Å². The van der Waals surface area contributed by atoms with E-state index in [1.807, 2.05) is 11.4 Å². The first-order valence-electron chi connectivity index (χ1n) is 4.05. The highest BCUT2D eigenvalue weighted by molar-refractivity contribution is 14.1. The molecule has 2 aromatic rings. The Balaban J connectivity index is 2.80. The molecule has 0 saturated carbocycles. The second kappa shape index (κ2) is 3.73. The van der Waals surface area contributed by atoms with E-state index in [1.165, 1.54) is 0 Å². The van der Waals surface area contributed by atoms with Crippen LogP contribution in [0.1, 0.15) is 17.6 Å². The number of thiophene rings is 1. The third-order valence-electron chi connectivity index (χ3n) is 2.20. The zero-order valence-electron chi connectivity index (χ0n) is 7.35. The fourth-order valence-electron chi connectivity index (χ4n) is 1.41. The topological polar surface area (TPSA) is 0 Å². The zero-order valence-corrected chi connectivity index (χ0v) is 10.3. The van der Waals surface area contributed by atoms with Gasteiger partial charge in [0.2, 0.25) is 0 Å². The summed E-state index contributed by atoms with van der Waals surface area (Å²) in [5.74, 6) is 0. The fraction of sp³-hybridized carbons (Fsp3) is 0.200. The number of hydrogen-bond acceptors (Lipinski definition) is 1. The average Bonchev–Trinajstić information content (AvgIpc) is 2.58. The van der Waals surface area contributed by atoms with Crippen molar-refractivity contribution in [1.82, 2.24) is 0 Å². The normalized spacial score (nSPS) is 11.5. The first kappa shape index (κ1) is 10.3. The molecule has 0 unspecified atom stereocenters. The summed E-state index contributed by atoms with van der Waals surface area (Å²) in [6.45, 7) is 1.75. The third kappa shape index (κ3) is 1.54. The van der Waals surface area contributed by atoms with Crippen molar-refractivity contribution < 1.29 is 8.78 Å². The van der Waals surface area contributed by atoms with E-state index in [4.69, 9.17) is 0 Å². The molecule has 0 aliphatic carbocycles. The van der Waals surface area contributed by atoms with E-state index >= 15 is 0 Å². The molecular formula is C10H7F2IS. The maximum absolute atomic E-state index is 12.6. The molecule has 14 heavy (non-hydrogen) atoms. The van der Waals surface area contributed by atoms with Crippen molar-refractivity contribution in [1.29, 1.82) is 0 Å². The fourth-order valence-corrected chi connectivity index (χ4v) is 3.29. The molecule has 1 aromatic carbocycles. The molecular weight excluding hydrogens is 317 g/mol. The molecule has 4 heteroatoms. The largest absolute Gasteiger partial charge is 0.264 e. The molecule has 1 aromatic heterocycles. The van der Waals surface area contributed by atoms with Crippen LogP contribution in [0.2, 0.25) is 0 Å². The Labute approximate surface area is 98.1 Å². The van der Waals surface area contributed by atoms with Gasteiger partial charge in [-0.2, -0.15) is 0 Å². The monoisotopic (exact) mass is 324 g/mol. The number of alkyl halides is 2. The van der Waals surface area contributed by atoms with Gasteiger partial charge >= 0.3 is 0 Å². The number of fused-ring (bicyclic) bond motifs is 1. The Bertz CT molecular complexity index is 476. The van der Waals surface area contributed by atoms with Crippen molar-refractivity contribution in [2.45, 2.75) is 13.3 Å². The van der Waals surface area contributed by atoms with Gasteiger partial charge in [-0.3, -0.25) is 0 Å². The summed E-state index contributed by atoms with van der Waals surface area (Å²) in [5.41, 5.74) is 0.857. The summed E-state index contributed by atoms with van der Waals surface area (Å²) in [5, 5.41) is 2.85. The predicted molar refractivity (Wildman–Crippen MR) is 64.2 cm³/mol. The zero-order chi connectivity index (χ0) is 10.3. The average molecular weight is 324 g/mol. The van der Waals surface area contributed by atoms with Gasteiger partial charge in [0, 0.05) is 13.8 Å². The first-order valence-corrected chi connectivity index (χ1v) is 6.01. The van der Waals surface area contributed by atoms with Crippen LogP contribution in [0.15, 0.2) is 17.5 Å². The minimum atomic E-state index is -2.38. The summed E-state index contributed by atoms with van der Waals surface area (Å²) in [4.78, 5) is 0. The lowest BCUT2D eigenvalue weighted by Gasteiger charge is -2.07. The lowest BCUT2D eigenvalue weighted by molar-refractivity contribution is 0.150. The summed E-state index contributed by atoms with van der Waals surface area (Å²) in [7, 11) is 0. The van der Waals surface area contributed by atoms with E-state index < -0.39 is 6.43 Å². The standard InChI is InChI=1S/C10H7F2IS/c1-5-7(10(11)12)4-6-2-3-14-9(6)8(5)13/h2-4,10H,1H3. The van der Waals surface area contributed by atoms with Crippen molar-refractivity contribution in [3.8, 4) is 0 Å². The van der Waals surface area contributed by atoms with Crippen LogP contribution in [-0.2, 0) is 0 Å². The van der Waals surface area contributed by atoms with Crippen LogP contribution in [0.4, 0.5) is 8.78 Å². The molecule has 0 spiro atoms. The highest BCUT2D eigenvalue weighted by Gasteiger charge is 2.15.